The van der Waals surface area contributed by atoms with Crippen LogP contribution in [0.2, 0.25) is 0 Å². The third kappa shape index (κ3) is 5.12. The van der Waals surface area contributed by atoms with Crippen LogP contribution < -0.4 is 10.2 Å². The molecule has 40 heavy (non-hydrogen) atoms. The maximum absolute atomic E-state index is 13.8. The molecule has 0 aliphatic carbocycles. The summed E-state index contributed by atoms with van der Waals surface area (Å²) >= 11 is 0. The largest absolute Gasteiger partial charge is 0.339 e. The number of amides is 1. The number of hydrogen-bond donors (Lipinski definition) is 1. The van der Waals surface area contributed by atoms with E-state index in [0.717, 1.165) is 5.56 Å². The molecule has 10 heteroatoms. The molecule has 0 saturated heterocycles. The predicted octanol–water partition coefficient (Wildman–Crippen LogP) is 5.69. The number of sulfonamides is 1. The van der Waals surface area contributed by atoms with Gasteiger partial charge in [-0.15, -0.1) is 4.40 Å². The average molecular weight is 553 g/mol. The molecule has 1 heterocycles. The number of nitrogens with zero attached hydrogens (tertiary/aromatic N) is 3. The van der Waals surface area contributed by atoms with Crippen molar-refractivity contribution < 1.29 is 18.1 Å². The first-order valence-electron chi connectivity index (χ1n) is 12.3. The Labute approximate surface area is 231 Å². The van der Waals surface area contributed by atoms with Gasteiger partial charge in [-0.1, -0.05) is 66.2 Å². The highest BCUT2D eigenvalue weighted by atomic mass is 32.2. The summed E-state index contributed by atoms with van der Waals surface area (Å²) in [7, 11) is -2.69. The van der Waals surface area contributed by atoms with E-state index in [1.165, 1.54) is 35.2 Å². The van der Waals surface area contributed by atoms with Crippen LogP contribution in [0.25, 0.3) is 11.1 Å². The van der Waals surface area contributed by atoms with Gasteiger partial charge >= 0.3 is 0 Å². The monoisotopic (exact) mass is 552 g/mol. The number of nitro groups is 1. The fraction of sp³-hybridized carbons (Fsp3) is 0.0667. The lowest BCUT2D eigenvalue weighted by Gasteiger charge is -2.17. The summed E-state index contributed by atoms with van der Waals surface area (Å²) in [4.78, 5) is 26.2. The number of carbonyl (C=O) groups is 1. The van der Waals surface area contributed by atoms with Crippen molar-refractivity contribution in [3.8, 4) is 0 Å². The summed E-state index contributed by atoms with van der Waals surface area (Å²) < 4.78 is 31.4. The molecule has 200 valence electrons. The number of carbonyl (C=O) groups excluding carboxylic acids is 1. The number of likely N-dealkylation sites (N-methyl/N-ethyl adjacent to an activating group) is 1. The van der Waals surface area contributed by atoms with Gasteiger partial charge in [-0.3, -0.25) is 14.9 Å². The number of anilines is 2. The minimum absolute atomic E-state index is 0.0197. The SMILES string of the molecule is Cc1ccc(S(=O)(=O)/N=C(Nc2ccccc2)/C(=C2/C(=O)N(C)c3ccc([N+](=O)[O-])cc32)c2ccccc2)cc1. The molecule has 0 spiro atoms. The van der Waals surface area contributed by atoms with E-state index in [9.17, 15) is 23.3 Å². The minimum atomic E-state index is -4.25. The van der Waals surface area contributed by atoms with E-state index in [1.807, 2.05) is 13.0 Å². The van der Waals surface area contributed by atoms with E-state index in [1.54, 1.807) is 73.8 Å². The molecule has 1 aliphatic rings. The van der Waals surface area contributed by atoms with E-state index in [0.29, 0.717) is 22.5 Å². The highest BCUT2D eigenvalue weighted by Gasteiger charge is 2.36. The van der Waals surface area contributed by atoms with Gasteiger partial charge in [0, 0.05) is 36.0 Å². The molecular weight excluding hydrogens is 528 g/mol. The molecule has 0 bridgehead atoms. The molecule has 0 aromatic heterocycles. The van der Waals surface area contributed by atoms with Crippen LogP contribution in [-0.4, -0.2) is 32.1 Å². The van der Waals surface area contributed by atoms with Gasteiger partial charge in [0.1, 0.15) is 0 Å². The topological polar surface area (TPSA) is 122 Å². The van der Waals surface area contributed by atoms with Gasteiger partial charge in [0.05, 0.1) is 21.1 Å². The number of para-hydroxylation sites is 1. The number of benzene rings is 4. The Balaban J connectivity index is 1.85. The van der Waals surface area contributed by atoms with Crippen LogP contribution in [0.15, 0.2) is 112 Å². The minimum Gasteiger partial charge on any atom is -0.339 e. The average Bonchev–Trinajstić information content (AvgIpc) is 3.19. The fourth-order valence-corrected chi connectivity index (χ4v) is 5.40. The van der Waals surface area contributed by atoms with Gasteiger partial charge in [-0.2, -0.15) is 8.42 Å². The van der Waals surface area contributed by atoms with Crippen LogP contribution in [0.5, 0.6) is 0 Å². The lowest BCUT2D eigenvalue weighted by atomic mass is 9.94. The fourth-order valence-electron chi connectivity index (χ4n) is 4.44. The van der Waals surface area contributed by atoms with Crippen molar-refractivity contribution in [2.24, 2.45) is 4.40 Å². The third-order valence-corrected chi connectivity index (χ3v) is 7.75. The van der Waals surface area contributed by atoms with Crippen molar-refractivity contribution >= 4 is 50.0 Å². The highest BCUT2D eigenvalue weighted by Crippen LogP contribution is 2.42. The Bertz CT molecular complexity index is 1780. The summed E-state index contributed by atoms with van der Waals surface area (Å²) in [6.07, 6.45) is 0. The first-order chi connectivity index (χ1) is 19.2. The molecule has 4 aromatic rings. The van der Waals surface area contributed by atoms with Crippen LogP contribution in [-0.2, 0) is 14.8 Å². The Hall–Kier alpha value is -5.09. The Kier molecular flexibility index (Phi) is 7.02. The molecule has 0 unspecified atom stereocenters. The Morgan fingerprint density at radius 2 is 1.52 bits per heavy atom. The first kappa shape index (κ1) is 26.5. The van der Waals surface area contributed by atoms with Crippen LogP contribution in [0.4, 0.5) is 17.1 Å². The summed E-state index contributed by atoms with van der Waals surface area (Å²) in [5, 5.41) is 14.7. The lowest BCUT2D eigenvalue weighted by Crippen LogP contribution is -2.24. The number of fused-ring (bicyclic) bond motifs is 1. The van der Waals surface area contributed by atoms with Crippen molar-refractivity contribution in [1.29, 1.82) is 0 Å². The smallest absolute Gasteiger partial charge is 0.284 e. The van der Waals surface area contributed by atoms with Crippen LogP contribution in [0.1, 0.15) is 16.7 Å². The lowest BCUT2D eigenvalue weighted by molar-refractivity contribution is -0.384. The molecular formula is C30H24N4O5S. The number of hydrogen-bond acceptors (Lipinski definition) is 5. The maximum Gasteiger partial charge on any atom is 0.284 e. The first-order valence-corrected chi connectivity index (χ1v) is 13.7. The molecule has 5 rings (SSSR count). The van der Waals surface area contributed by atoms with Gasteiger partial charge in [-0.25, -0.2) is 0 Å². The summed E-state index contributed by atoms with van der Waals surface area (Å²) in [6.45, 7) is 1.85. The van der Waals surface area contributed by atoms with Gasteiger partial charge < -0.3 is 10.2 Å². The molecule has 4 aromatic carbocycles. The number of aryl methyl sites for hydroxylation is 1. The van der Waals surface area contributed by atoms with Crippen LogP contribution >= 0.6 is 0 Å². The van der Waals surface area contributed by atoms with E-state index in [2.05, 4.69) is 9.71 Å². The molecule has 0 fully saturated rings. The highest BCUT2D eigenvalue weighted by molar-refractivity contribution is 7.90. The number of nitro benzene ring substituents is 1. The van der Waals surface area contributed by atoms with Crippen LogP contribution in [0.3, 0.4) is 0 Å². The molecule has 0 saturated carbocycles. The van der Waals surface area contributed by atoms with E-state index in [-0.39, 0.29) is 27.6 Å². The van der Waals surface area contributed by atoms with Gasteiger partial charge in [0.25, 0.3) is 21.6 Å². The standard InChI is InChI=1S/C30H24N4O5S/c1-20-13-16-24(17-14-20)40(38,39)32-29(31-22-11-7-4-8-12-22)27(21-9-5-3-6-10-21)28-25-19-23(34(36)37)15-18-26(25)33(2)30(28)35/h3-19H,1-2H3,(H,31,32)/b28-27+. The summed E-state index contributed by atoms with van der Waals surface area (Å²) in [5.41, 5.74) is 2.76. The molecule has 1 aliphatic heterocycles. The second kappa shape index (κ2) is 10.6. The van der Waals surface area contributed by atoms with Crippen molar-refractivity contribution in [3.63, 3.8) is 0 Å². The number of non-ortho nitro benzene ring substituents is 1. The number of amidine groups is 1. The Morgan fingerprint density at radius 3 is 2.15 bits per heavy atom. The second-order valence-electron chi connectivity index (χ2n) is 9.16. The zero-order chi connectivity index (χ0) is 28.4. The van der Waals surface area contributed by atoms with E-state index < -0.39 is 20.9 Å². The number of nitrogens with one attached hydrogen (secondary N) is 1. The zero-order valence-electron chi connectivity index (χ0n) is 21.6. The zero-order valence-corrected chi connectivity index (χ0v) is 22.4. The second-order valence-corrected chi connectivity index (χ2v) is 10.8. The van der Waals surface area contributed by atoms with Gasteiger partial charge in [0.15, 0.2) is 5.84 Å². The normalized spacial score (nSPS) is 14.6. The van der Waals surface area contributed by atoms with Crippen molar-refractivity contribution in [2.45, 2.75) is 11.8 Å². The quantitative estimate of drug-likeness (QED) is 0.108. The summed E-state index contributed by atoms with van der Waals surface area (Å²) in [5.74, 6) is -0.557. The van der Waals surface area contributed by atoms with Gasteiger partial charge in [0.2, 0.25) is 0 Å². The van der Waals surface area contributed by atoms with Crippen molar-refractivity contribution in [1.82, 2.24) is 0 Å². The summed E-state index contributed by atoms with van der Waals surface area (Å²) in [6, 6.07) is 28.0. The molecule has 9 nitrogen and oxygen atoms in total. The third-order valence-electron chi connectivity index (χ3n) is 6.46. The van der Waals surface area contributed by atoms with Crippen molar-refractivity contribution in [2.75, 3.05) is 17.3 Å². The van der Waals surface area contributed by atoms with Crippen LogP contribution in [0, 0.1) is 17.0 Å². The van der Waals surface area contributed by atoms with Gasteiger partial charge in [-0.05, 0) is 42.8 Å². The predicted molar refractivity (Wildman–Crippen MR) is 156 cm³/mol. The maximum atomic E-state index is 13.8. The molecule has 0 radical (unpaired) electrons. The van der Waals surface area contributed by atoms with Crippen molar-refractivity contribution in [3.05, 3.63) is 130 Å². The Morgan fingerprint density at radius 1 is 0.900 bits per heavy atom. The van der Waals surface area contributed by atoms with E-state index in [4.69, 9.17) is 0 Å². The molecule has 1 N–H and O–H groups in total. The molecule has 1 amide bonds. The molecule has 0 atom stereocenters. The van der Waals surface area contributed by atoms with E-state index >= 15 is 0 Å². The number of rotatable bonds is 6.